The van der Waals surface area contributed by atoms with E-state index in [9.17, 15) is 22.0 Å². The lowest BCUT2D eigenvalue weighted by atomic mass is 10.1. The zero-order chi connectivity index (χ0) is 17.2. The van der Waals surface area contributed by atoms with E-state index in [2.05, 4.69) is 0 Å². The van der Waals surface area contributed by atoms with Crippen LogP contribution >= 0.6 is 0 Å². The second kappa shape index (κ2) is 6.82. The number of amides is 1. The van der Waals surface area contributed by atoms with Gasteiger partial charge in [-0.25, -0.2) is 17.2 Å². The maximum atomic E-state index is 13.5. The molecule has 23 heavy (non-hydrogen) atoms. The van der Waals surface area contributed by atoms with Gasteiger partial charge in [-0.3, -0.25) is 9.10 Å². The van der Waals surface area contributed by atoms with Gasteiger partial charge in [0.2, 0.25) is 15.9 Å². The molecule has 0 saturated carbocycles. The predicted octanol–water partition coefficient (Wildman–Crippen LogP) is 2.13. The molecular weight excluding hydrogens is 326 g/mol. The number of carbonyl (C=O) groups excluding carboxylic acids is 1. The average molecular weight is 346 g/mol. The van der Waals surface area contributed by atoms with E-state index in [4.69, 9.17) is 0 Å². The molecule has 0 spiro atoms. The first-order chi connectivity index (χ1) is 10.7. The molecule has 8 heteroatoms. The molecule has 2 rings (SSSR count). The van der Waals surface area contributed by atoms with Gasteiger partial charge in [0.05, 0.1) is 11.9 Å². The van der Waals surface area contributed by atoms with E-state index in [1.165, 1.54) is 6.92 Å². The van der Waals surface area contributed by atoms with Gasteiger partial charge in [0.25, 0.3) is 0 Å². The minimum absolute atomic E-state index is 0.0655. The molecule has 1 fully saturated rings. The highest BCUT2D eigenvalue weighted by Gasteiger charge is 2.32. The third kappa shape index (κ3) is 3.99. The van der Waals surface area contributed by atoms with Crippen molar-refractivity contribution < 1.29 is 22.0 Å². The van der Waals surface area contributed by atoms with E-state index in [1.807, 2.05) is 0 Å². The van der Waals surface area contributed by atoms with Crippen molar-refractivity contribution in [3.05, 3.63) is 29.8 Å². The SMILES string of the molecule is C[C@H](C(=O)N1CCCCC1)N(c1ccc(F)c(F)c1)S(C)(=O)=O. The minimum atomic E-state index is -3.83. The quantitative estimate of drug-likeness (QED) is 0.839. The summed E-state index contributed by atoms with van der Waals surface area (Å²) < 4.78 is 51.6. The van der Waals surface area contributed by atoms with Gasteiger partial charge in [-0.2, -0.15) is 0 Å². The number of likely N-dealkylation sites (tertiary alicyclic amines) is 1. The Morgan fingerprint density at radius 2 is 1.78 bits per heavy atom. The summed E-state index contributed by atoms with van der Waals surface area (Å²) in [7, 11) is -3.83. The molecule has 5 nitrogen and oxygen atoms in total. The molecule has 1 aliphatic heterocycles. The van der Waals surface area contributed by atoms with Crippen molar-refractivity contribution in [3.8, 4) is 0 Å². The van der Waals surface area contributed by atoms with Crippen molar-refractivity contribution in [1.82, 2.24) is 4.90 Å². The summed E-state index contributed by atoms with van der Waals surface area (Å²) >= 11 is 0. The van der Waals surface area contributed by atoms with Crippen LogP contribution in [-0.2, 0) is 14.8 Å². The van der Waals surface area contributed by atoms with Gasteiger partial charge in [0, 0.05) is 19.2 Å². The highest BCUT2D eigenvalue weighted by Crippen LogP contribution is 2.24. The Morgan fingerprint density at radius 3 is 2.30 bits per heavy atom. The van der Waals surface area contributed by atoms with Crippen LogP contribution in [0.2, 0.25) is 0 Å². The standard InChI is InChI=1S/C15H20F2N2O3S/c1-11(15(20)18-8-4-3-5-9-18)19(23(2,21)22)12-6-7-13(16)14(17)10-12/h6-7,10-11H,3-5,8-9H2,1-2H3/t11-/m1/s1. The first-order valence-corrected chi connectivity index (χ1v) is 9.30. The van der Waals surface area contributed by atoms with Crippen LogP contribution < -0.4 is 4.31 Å². The number of nitrogens with zero attached hydrogens (tertiary/aromatic N) is 2. The Morgan fingerprint density at radius 1 is 1.17 bits per heavy atom. The molecule has 0 bridgehead atoms. The van der Waals surface area contributed by atoms with Crippen LogP contribution in [0.25, 0.3) is 0 Å². The fourth-order valence-electron chi connectivity index (χ4n) is 2.80. The number of hydrogen-bond acceptors (Lipinski definition) is 3. The van der Waals surface area contributed by atoms with E-state index in [-0.39, 0.29) is 11.6 Å². The van der Waals surface area contributed by atoms with Crippen LogP contribution in [0, 0.1) is 11.6 Å². The van der Waals surface area contributed by atoms with Gasteiger partial charge >= 0.3 is 0 Å². The lowest BCUT2D eigenvalue weighted by molar-refractivity contribution is -0.132. The summed E-state index contributed by atoms with van der Waals surface area (Å²) in [6, 6.07) is 1.77. The molecule has 0 N–H and O–H groups in total. The highest BCUT2D eigenvalue weighted by atomic mass is 32.2. The minimum Gasteiger partial charge on any atom is -0.341 e. The fourth-order valence-corrected chi connectivity index (χ4v) is 3.96. The maximum Gasteiger partial charge on any atom is 0.246 e. The topological polar surface area (TPSA) is 57.7 Å². The first kappa shape index (κ1) is 17.7. The summed E-state index contributed by atoms with van der Waals surface area (Å²) in [5, 5.41) is 0. The molecule has 1 heterocycles. The largest absolute Gasteiger partial charge is 0.341 e. The van der Waals surface area contributed by atoms with Crippen LogP contribution in [0.4, 0.5) is 14.5 Å². The maximum absolute atomic E-state index is 13.5. The number of anilines is 1. The van der Waals surface area contributed by atoms with Gasteiger partial charge in [-0.1, -0.05) is 0 Å². The van der Waals surface area contributed by atoms with Gasteiger partial charge in [-0.05, 0) is 38.3 Å². The number of benzene rings is 1. The monoisotopic (exact) mass is 346 g/mol. The lowest BCUT2D eigenvalue weighted by Gasteiger charge is -2.34. The van der Waals surface area contributed by atoms with Crippen molar-refractivity contribution >= 4 is 21.6 Å². The average Bonchev–Trinajstić information content (AvgIpc) is 2.49. The number of piperidine rings is 1. The fraction of sp³-hybridized carbons (Fsp3) is 0.533. The second-order valence-corrected chi connectivity index (χ2v) is 7.58. The molecule has 1 aromatic carbocycles. The van der Waals surface area contributed by atoms with E-state index < -0.39 is 27.7 Å². The van der Waals surface area contributed by atoms with Crippen LogP contribution in [0.15, 0.2) is 18.2 Å². The molecule has 0 unspecified atom stereocenters. The van der Waals surface area contributed by atoms with Crippen LogP contribution in [-0.4, -0.2) is 44.6 Å². The number of rotatable bonds is 4. The van der Waals surface area contributed by atoms with Crippen molar-refractivity contribution in [3.63, 3.8) is 0 Å². The Bertz CT molecular complexity index is 688. The van der Waals surface area contributed by atoms with Gasteiger partial charge in [0.15, 0.2) is 11.6 Å². The van der Waals surface area contributed by atoms with Crippen molar-refractivity contribution in [2.75, 3.05) is 23.7 Å². The molecule has 1 atom stereocenters. The van der Waals surface area contributed by atoms with E-state index >= 15 is 0 Å². The summed E-state index contributed by atoms with van der Waals surface area (Å²) in [6.07, 6.45) is 3.73. The number of halogens is 2. The Kier molecular flexibility index (Phi) is 5.23. The summed E-state index contributed by atoms with van der Waals surface area (Å²) in [4.78, 5) is 14.2. The molecule has 1 amide bonds. The Balaban J connectivity index is 2.34. The molecule has 0 radical (unpaired) electrons. The highest BCUT2D eigenvalue weighted by molar-refractivity contribution is 7.92. The Hall–Kier alpha value is -1.70. The molecule has 1 aromatic rings. The van der Waals surface area contributed by atoms with E-state index in [0.29, 0.717) is 13.1 Å². The first-order valence-electron chi connectivity index (χ1n) is 7.45. The number of sulfonamides is 1. The van der Waals surface area contributed by atoms with E-state index in [0.717, 1.165) is 48.0 Å². The second-order valence-electron chi connectivity index (χ2n) is 5.72. The van der Waals surface area contributed by atoms with Gasteiger partial charge in [-0.15, -0.1) is 0 Å². The smallest absolute Gasteiger partial charge is 0.246 e. The molecular formula is C15H20F2N2O3S. The molecule has 0 aliphatic carbocycles. The molecule has 128 valence electrons. The third-order valence-corrected chi connectivity index (χ3v) is 5.13. The van der Waals surface area contributed by atoms with Crippen molar-refractivity contribution in [2.24, 2.45) is 0 Å². The van der Waals surface area contributed by atoms with Crippen LogP contribution in [0.1, 0.15) is 26.2 Å². The van der Waals surface area contributed by atoms with Crippen LogP contribution in [0.5, 0.6) is 0 Å². The lowest BCUT2D eigenvalue weighted by Crippen LogP contribution is -2.50. The third-order valence-electron chi connectivity index (χ3n) is 3.89. The zero-order valence-corrected chi connectivity index (χ0v) is 13.9. The predicted molar refractivity (Wildman–Crippen MR) is 83.6 cm³/mol. The number of carbonyl (C=O) groups is 1. The molecule has 0 aromatic heterocycles. The zero-order valence-electron chi connectivity index (χ0n) is 13.1. The number of hydrogen-bond donors (Lipinski definition) is 0. The molecule has 1 saturated heterocycles. The van der Waals surface area contributed by atoms with Crippen LogP contribution in [0.3, 0.4) is 0 Å². The molecule has 1 aliphatic rings. The van der Waals surface area contributed by atoms with Crippen molar-refractivity contribution in [1.29, 1.82) is 0 Å². The summed E-state index contributed by atoms with van der Waals surface area (Å²) in [6.45, 7) is 2.62. The summed E-state index contributed by atoms with van der Waals surface area (Å²) in [5.74, 6) is -2.56. The Labute approximate surface area is 134 Å². The van der Waals surface area contributed by atoms with E-state index in [1.54, 1.807) is 4.90 Å². The normalized spacial score (nSPS) is 17.0. The van der Waals surface area contributed by atoms with Gasteiger partial charge in [0.1, 0.15) is 6.04 Å². The summed E-state index contributed by atoms with van der Waals surface area (Å²) in [5.41, 5.74) is -0.0655. The van der Waals surface area contributed by atoms with Crippen molar-refractivity contribution in [2.45, 2.75) is 32.2 Å². The van der Waals surface area contributed by atoms with Gasteiger partial charge < -0.3 is 4.90 Å².